The summed E-state index contributed by atoms with van der Waals surface area (Å²) < 4.78 is 4.97. The number of terminal acetylenes is 1. The summed E-state index contributed by atoms with van der Waals surface area (Å²) in [5, 5.41) is 8.66. The van der Waals surface area contributed by atoms with Crippen LogP contribution >= 0.6 is 0 Å². The van der Waals surface area contributed by atoms with E-state index in [9.17, 15) is 4.79 Å². The maximum absolute atomic E-state index is 10.6. The molecule has 0 aromatic carbocycles. The van der Waals surface area contributed by atoms with Crippen LogP contribution < -0.4 is 4.74 Å². The second-order valence-electron chi connectivity index (χ2n) is 2.44. The lowest BCUT2D eigenvalue weighted by atomic mass is 10.3. The molecule has 0 bridgehead atoms. The highest BCUT2D eigenvalue weighted by molar-refractivity contribution is 5.86. The second-order valence-corrected chi connectivity index (χ2v) is 2.44. The van der Waals surface area contributed by atoms with Gasteiger partial charge < -0.3 is 9.84 Å². The molecule has 0 saturated carbocycles. The van der Waals surface area contributed by atoms with E-state index in [0.29, 0.717) is 5.69 Å². The van der Waals surface area contributed by atoms with Crippen LogP contribution in [0.2, 0.25) is 0 Å². The van der Waals surface area contributed by atoms with Gasteiger partial charge in [0.25, 0.3) is 0 Å². The maximum atomic E-state index is 10.6. The van der Waals surface area contributed by atoms with Crippen molar-refractivity contribution in [2.24, 2.45) is 0 Å². The molecule has 0 aliphatic rings. The Kier molecular flexibility index (Phi) is 3.02. The van der Waals surface area contributed by atoms with Gasteiger partial charge in [0.1, 0.15) is 0 Å². The van der Waals surface area contributed by atoms with Crippen LogP contribution in [0, 0.1) is 19.3 Å². The first-order chi connectivity index (χ1) is 6.65. The van der Waals surface area contributed by atoms with Gasteiger partial charge in [-0.05, 0) is 6.92 Å². The molecule has 0 spiro atoms. The molecule has 0 fully saturated rings. The molecule has 0 aliphatic carbocycles. The second kappa shape index (κ2) is 4.23. The van der Waals surface area contributed by atoms with Crippen molar-refractivity contribution < 1.29 is 14.6 Å². The van der Waals surface area contributed by atoms with Gasteiger partial charge in [-0.2, -0.15) is 0 Å². The number of rotatable bonds is 3. The molecule has 0 atom stereocenters. The van der Waals surface area contributed by atoms with Crippen LogP contribution in [0.3, 0.4) is 0 Å². The van der Waals surface area contributed by atoms with Crippen LogP contribution in [-0.4, -0.2) is 27.7 Å². The summed E-state index contributed by atoms with van der Waals surface area (Å²) in [5.41, 5.74) is 0.213. The highest BCUT2D eigenvalue weighted by atomic mass is 16.5. The lowest BCUT2D eigenvalue weighted by molar-refractivity contribution is 0.0689. The highest BCUT2D eigenvalue weighted by Crippen LogP contribution is 2.08. The summed E-state index contributed by atoms with van der Waals surface area (Å²) in [6.45, 7) is 1.62. The molecule has 5 nitrogen and oxygen atoms in total. The fraction of sp³-hybridized carbons (Fsp3) is 0.222. The van der Waals surface area contributed by atoms with Crippen LogP contribution in [-0.2, 0) is 0 Å². The zero-order chi connectivity index (χ0) is 10.6. The van der Waals surface area contributed by atoms with Crippen LogP contribution in [0.5, 0.6) is 5.88 Å². The summed E-state index contributed by atoms with van der Waals surface area (Å²) >= 11 is 0. The molecule has 5 heteroatoms. The molecule has 1 aromatic heterocycles. The zero-order valence-corrected chi connectivity index (χ0v) is 7.52. The molecular weight excluding hydrogens is 184 g/mol. The Labute approximate surface area is 80.8 Å². The molecule has 0 saturated heterocycles. The maximum Gasteiger partial charge on any atom is 0.356 e. The third kappa shape index (κ3) is 2.20. The van der Waals surface area contributed by atoms with Gasteiger partial charge in [0, 0.05) is 0 Å². The van der Waals surface area contributed by atoms with Gasteiger partial charge in [-0.25, -0.2) is 14.8 Å². The zero-order valence-electron chi connectivity index (χ0n) is 7.52. The van der Waals surface area contributed by atoms with E-state index in [1.807, 2.05) is 0 Å². The Bertz CT molecular complexity index is 396. The van der Waals surface area contributed by atoms with Crippen LogP contribution in [0.1, 0.15) is 16.2 Å². The Hall–Kier alpha value is -2.09. The van der Waals surface area contributed by atoms with E-state index in [1.54, 1.807) is 6.92 Å². The van der Waals surface area contributed by atoms with Crippen LogP contribution in [0.4, 0.5) is 0 Å². The summed E-state index contributed by atoms with van der Waals surface area (Å²) in [7, 11) is 0. The standard InChI is InChI=1S/C9H8N2O3/c1-3-4-14-7-5-10-8(9(12)13)6(2)11-7/h1,5H,4H2,2H3,(H,12,13). The molecule has 0 radical (unpaired) electrons. The molecule has 0 unspecified atom stereocenters. The first-order valence-corrected chi connectivity index (χ1v) is 3.78. The largest absolute Gasteiger partial charge is 0.476 e. The van der Waals surface area contributed by atoms with Gasteiger partial charge in [-0.3, -0.25) is 0 Å². The number of ether oxygens (including phenoxy) is 1. The number of aromatic nitrogens is 2. The van der Waals surface area contributed by atoms with E-state index in [4.69, 9.17) is 16.3 Å². The van der Waals surface area contributed by atoms with E-state index in [1.165, 1.54) is 6.20 Å². The Morgan fingerprint density at radius 1 is 1.79 bits per heavy atom. The summed E-state index contributed by atoms with van der Waals surface area (Å²) in [4.78, 5) is 18.1. The predicted octanol–water partition coefficient (Wildman–Crippen LogP) is 0.495. The number of carbonyl (C=O) groups is 1. The van der Waals surface area contributed by atoms with Crippen molar-refractivity contribution in [3.8, 4) is 18.2 Å². The van der Waals surface area contributed by atoms with Crippen molar-refractivity contribution in [3.63, 3.8) is 0 Å². The first kappa shape index (κ1) is 9.99. The number of hydrogen-bond acceptors (Lipinski definition) is 4. The topological polar surface area (TPSA) is 72.3 Å². The number of aryl methyl sites for hydroxylation is 1. The molecule has 14 heavy (non-hydrogen) atoms. The minimum atomic E-state index is -1.11. The number of hydrogen-bond donors (Lipinski definition) is 1. The van der Waals surface area contributed by atoms with Gasteiger partial charge in [0.2, 0.25) is 5.88 Å². The van der Waals surface area contributed by atoms with Crippen molar-refractivity contribution in [2.75, 3.05) is 6.61 Å². The minimum absolute atomic E-state index is 0.0839. The van der Waals surface area contributed by atoms with Crippen molar-refractivity contribution in [2.45, 2.75) is 6.92 Å². The number of carboxylic acids is 1. The minimum Gasteiger partial charge on any atom is -0.476 e. The van der Waals surface area contributed by atoms with Crippen molar-refractivity contribution in [1.29, 1.82) is 0 Å². The van der Waals surface area contributed by atoms with E-state index >= 15 is 0 Å². The Morgan fingerprint density at radius 2 is 2.50 bits per heavy atom. The van der Waals surface area contributed by atoms with Crippen molar-refractivity contribution in [3.05, 3.63) is 17.6 Å². The average Bonchev–Trinajstić information content (AvgIpc) is 2.14. The third-order valence-electron chi connectivity index (χ3n) is 1.43. The number of aromatic carboxylic acids is 1. The summed E-state index contributed by atoms with van der Waals surface area (Å²) in [6.07, 6.45) is 6.21. The van der Waals surface area contributed by atoms with Crippen molar-refractivity contribution >= 4 is 5.97 Å². The molecule has 0 aliphatic heterocycles. The normalized spacial score (nSPS) is 9.14. The molecule has 1 heterocycles. The third-order valence-corrected chi connectivity index (χ3v) is 1.43. The monoisotopic (exact) mass is 192 g/mol. The quantitative estimate of drug-likeness (QED) is 0.706. The molecule has 1 N–H and O–H groups in total. The molecular formula is C9H8N2O3. The number of carboxylic acid groups (broad SMARTS) is 1. The summed E-state index contributed by atoms with van der Waals surface area (Å²) in [5.74, 6) is 1.38. The predicted molar refractivity (Wildman–Crippen MR) is 48.1 cm³/mol. The van der Waals surface area contributed by atoms with Gasteiger partial charge in [-0.1, -0.05) is 5.92 Å². The Balaban J connectivity index is 2.90. The Morgan fingerprint density at radius 3 is 3.00 bits per heavy atom. The van der Waals surface area contributed by atoms with E-state index in [2.05, 4.69) is 15.9 Å². The average molecular weight is 192 g/mol. The van der Waals surface area contributed by atoms with Gasteiger partial charge >= 0.3 is 5.97 Å². The summed E-state index contributed by atoms with van der Waals surface area (Å²) in [6, 6.07) is 0. The lowest BCUT2D eigenvalue weighted by Gasteiger charge is -2.02. The molecule has 72 valence electrons. The first-order valence-electron chi connectivity index (χ1n) is 3.78. The van der Waals surface area contributed by atoms with Crippen molar-refractivity contribution in [1.82, 2.24) is 9.97 Å². The van der Waals surface area contributed by atoms with E-state index in [0.717, 1.165) is 0 Å². The van der Waals surface area contributed by atoms with Gasteiger partial charge in [0.05, 0.1) is 11.9 Å². The number of nitrogens with zero attached hydrogens (tertiary/aromatic N) is 2. The smallest absolute Gasteiger partial charge is 0.356 e. The molecule has 1 aromatic rings. The van der Waals surface area contributed by atoms with Gasteiger partial charge in [-0.15, -0.1) is 6.42 Å². The van der Waals surface area contributed by atoms with Crippen LogP contribution in [0.25, 0.3) is 0 Å². The van der Waals surface area contributed by atoms with Crippen LogP contribution in [0.15, 0.2) is 6.20 Å². The van der Waals surface area contributed by atoms with E-state index < -0.39 is 5.97 Å². The highest BCUT2D eigenvalue weighted by Gasteiger charge is 2.10. The van der Waals surface area contributed by atoms with E-state index in [-0.39, 0.29) is 18.2 Å². The van der Waals surface area contributed by atoms with Gasteiger partial charge in [0.15, 0.2) is 12.3 Å². The molecule has 0 amide bonds. The SMILES string of the molecule is C#CCOc1cnc(C(=O)O)c(C)n1. The fourth-order valence-corrected chi connectivity index (χ4v) is 0.855. The lowest BCUT2D eigenvalue weighted by Crippen LogP contribution is -2.07. The fourth-order valence-electron chi connectivity index (χ4n) is 0.855. The molecule has 1 rings (SSSR count).